The number of morpholine rings is 1. The van der Waals surface area contributed by atoms with Crippen LogP contribution < -0.4 is 0 Å². The molecule has 24 heavy (non-hydrogen) atoms. The Morgan fingerprint density at radius 3 is 2.33 bits per heavy atom. The molecule has 0 spiro atoms. The van der Waals surface area contributed by atoms with Gasteiger partial charge in [-0.25, -0.2) is 13.2 Å². The molecule has 0 aliphatic carbocycles. The molecule has 0 N–H and O–H groups in total. The number of hydrogen-bond donors (Lipinski definition) is 0. The average Bonchev–Trinajstić information content (AvgIpc) is 2.97. The molecule has 0 aromatic heterocycles. The Morgan fingerprint density at radius 2 is 1.71 bits per heavy atom. The van der Waals surface area contributed by atoms with Crippen LogP contribution >= 0.6 is 0 Å². The molecule has 2 aliphatic rings. The Hall–Kier alpha value is -1.64. The summed E-state index contributed by atoms with van der Waals surface area (Å²) in [7, 11) is -3.61. The van der Waals surface area contributed by atoms with Crippen LogP contribution in [-0.4, -0.2) is 74.1 Å². The predicted octanol–water partition coefficient (Wildman–Crippen LogP) is 1.10. The summed E-state index contributed by atoms with van der Waals surface area (Å²) in [6.07, 6.45) is -0.494. The van der Waals surface area contributed by atoms with E-state index in [0.717, 1.165) is 5.56 Å². The maximum Gasteiger partial charge on any atom is 0.321 e. The first kappa shape index (κ1) is 17.2. The first-order valence-electron chi connectivity index (χ1n) is 8.13. The molecule has 2 saturated heterocycles. The largest absolute Gasteiger partial charge is 0.378 e. The molecule has 0 saturated carbocycles. The lowest BCUT2D eigenvalue weighted by molar-refractivity contribution is 0.0410. The maximum absolute atomic E-state index is 12.9. The summed E-state index contributed by atoms with van der Waals surface area (Å²) in [5, 5.41) is 0. The first-order chi connectivity index (χ1) is 11.4. The molecule has 2 aliphatic heterocycles. The molecular weight excluding hydrogens is 330 g/mol. The van der Waals surface area contributed by atoms with E-state index in [1.807, 2.05) is 6.92 Å². The zero-order valence-electron chi connectivity index (χ0n) is 14.0. The number of sulfonamides is 1. The van der Waals surface area contributed by atoms with Gasteiger partial charge in [-0.2, -0.15) is 4.31 Å². The van der Waals surface area contributed by atoms with Crippen LogP contribution in [0, 0.1) is 6.92 Å². The molecule has 132 valence electrons. The van der Waals surface area contributed by atoms with E-state index in [4.69, 9.17) is 4.74 Å². The van der Waals surface area contributed by atoms with Crippen LogP contribution in [0.15, 0.2) is 29.2 Å². The Bertz CT molecular complexity index is 699. The summed E-state index contributed by atoms with van der Waals surface area (Å²) in [6, 6.07) is 6.68. The molecule has 0 bridgehead atoms. The van der Waals surface area contributed by atoms with E-state index in [9.17, 15) is 13.2 Å². The van der Waals surface area contributed by atoms with Gasteiger partial charge in [0.05, 0.1) is 24.3 Å². The Labute approximate surface area is 142 Å². The third-order valence-corrected chi connectivity index (χ3v) is 6.56. The van der Waals surface area contributed by atoms with Gasteiger partial charge in [-0.1, -0.05) is 17.7 Å². The molecule has 1 atom stereocenters. The highest BCUT2D eigenvalue weighted by Crippen LogP contribution is 2.25. The topological polar surface area (TPSA) is 70.2 Å². The fourth-order valence-corrected chi connectivity index (χ4v) is 4.68. The molecule has 3 rings (SSSR count). The molecule has 1 aromatic carbocycles. The van der Waals surface area contributed by atoms with Crippen molar-refractivity contribution in [1.82, 2.24) is 14.1 Å². The van der Waals surface area contributed by atoms with Crippen LogP contribution in [-0.2, 0) is 14.8 Å². The van der Waals surface area contributed by atoms with Gasteiger partial charge in [0.15, 0.2) is 0 Å². The van der Waals surface area contributed by atoms with Crippen LogP contribution in [0.4, 0.5) is 4.79 Å². The molecule has 2 fully saturated rings. The number of carbonyl (C=O) groups is 1. The van der Waals surface area contributed by atoms with Crippen molar-refractivity contribution >= 4 is 16.1 Å². The van der Waals surface area contributed by atoms with Gasteiger partial charge in [0, 0.05) is 26.2 Å². The number of urea groups is 1. The highest BCUT2D eigenvalue weighted by atomic mass is 32.2. The summed E-state index contributed by atoms with van der Waals surface area (Å²) >= 11 is 0. The van der Waals surface area contributed by atoms with E-state index in [1.165, 1.54) is 4.31 Å². The second kappa shape index (κ2) is 6.70. The lowest BCUT2D eigenvalue weighted by atomic mass is 10.2. The Morgan fingerprint density at radius 1 is 1.08 bits per heavy atom. The highest BCUT2D eigenvalue weighted by molar-refractivity contribution is 7.89. The third kappa shape index (κ3) is 3.13. The van der Waals surface area contributed by atoms with Crippen LogP contribution in [0.5, 0.6) is 0 Å². The van der Waals surface area contributed by atoms with Crippen molar-refractivity contribution in [2.45, 2.75) is 24.9 Å². The van der Waals surface area contributed by atoms with Crippen molar-refractivity contribution in [3.05, 3.63) is 29.8 Å². The van der Waals surface area contributed by atoms with Gasteiger partial charge in [-0.15, -0.1) is 0 Å². The van der Waals surface area contributed by atoms with E-state index in [1.54, 1.807) is 41.0 Å². The van der Waals surface area contributed by atoms with E-state index >= 15 is 0 Å². The Balaban J connectivity index is 1.76. The maximum atomic E-state index is 12.9. The molecule has 7 nitrogen and oxygen atoms in total. The molecule has 8 heteroatoms. The third-order valence-electron chi connectivity index (χ3n) is 4.58. The summed E-state index contributed by atoms with van der Waals surface area (Å²) in [5.74, 6) is 0. The van der Waals surface area contributed by atoms with Gasteiger partial charge in [-0.3, -0.25) is 0 Å². The minimum absolute atomic E-state index is 0.118. The van der Waals surface area contributed by atoms with Crippen molar-refractivity contribution in [1.29, 1.82) is 0 Å². The summed E-state index contributed by atoms with van der Waals surface area (Å²) in [6.45, 7) is 6.54. The van der Waals surface area contributed by atoms with Crippen molar-refractivity contribution in [3.8, 4) is 0 Å². The number of benzene rings is 1. The quantitative estimate of drug-likeness (QED) is 0.798. The van der Waals surface area contributed by atoms with Crippen LogP contribution in [0.2, 0.25) is 0 Å². The standard InChI is InChI=1S/C16H23N3O4S/c1-13-3-5-15(6-4-13)24(21,22)19-8-7-18(14(19)2)16(20)17-9-11-23-12-10-17/h3-6,14H,7-12H2,1-2H3/t14-/m1/s1. The lowest BCUT2D eigenvalue weighted by Gasteiger charge is -2.33. The number of aryl methyl sites for hydroxylation is 1. The van der Waals surface area contributed by atoms with Gasteiger partial charge in [0.25, 0.3) is 0 Å². The van der Waals surface area contributed by atoms with Gasteiger partial charge < -0.3 is 14.5 Å². The van der Waals surface area contributed by atoms with Gasteiger partial charge >= 0.3 is 6.03 Å². The molecule has 2 heterocycles. The van der Waals surface area contributed by atoms with E-state index in [-0.39, 0.29) is 10.9 Å². The molecule has 0 radical (unpaired) electrons. The van der Waals surface area contributed by atoms with E-state index in [2.05, 4.69) is 0 Å². The number of rotatable bonds is 2. The van der Waals surface area contributed by atoms with Crippen LogP contribution in [0.3, 0.4) is 0 Å². The zero-order chi connectivity index (χ0) is 17.3. The normalized spacial score (nSPS) is 22.8. The second-order valence-electron chi connectivity index (χ2n) is 6.14. The first-order valence-corrected chi connectivity index (χ1v) is 9.57. The van der Waals surface area contributed by atoms with Crippen LogP contribution in [0.25, 0.3) is 0 Å². The summed E-state index contributed by atoms with van der Waals surface area (Å²) < 4.78 is 32.4. The minimum atomic E-state index is -3.61. The fraction of sp³-hybridized carbons (Fsp3) is 0.562. The zero-order valence-corrected chi connectivity index (χ0v) is 14.8. The minimum Gasteiger partial charge on any atom is -0.378 e. The van der Waals surface area contributed by atoms with Crippen LogP contribution in [0.1, 0.15) is 12.5 Å². The molecule has 1 aromatic rings. The SMILES string of the molecule is Cc1ccc(S(=O)(=O)N2CCN(C(=O)N3CCOCC3)[C@H]2C)cc1. The summed E-state index contributed by atoms with van der Waals surface area (Å²) in [5.41, 5.74) is 1.01. The number of nitrogens with zero attached hydrogens (tertiary/aromatic N) is 3. The van der Waals surface area contributed by atoms with Gasteiger partial charge in [-0.05, 0) is 26.0 Å². The number of hydrogen-bond acceptors (Lipinski definition) is 4. The molecule has 0 unspecified atom stereocenters. The number of ether oxygens (including phenoxy) is 1. The average molecular weight is 353 g/mol. The van der Waals surface area contributed by atoms with Crippen molar-refractivity contribution in [2.75, 3.05) is 39.4 Å². The molecule has 2 amide bonds. The van der Waals surface area contributed by atoms with Crippen molar-refractivity contribution in [2.24, 2.45) is 0 Å². The van der Waals surface area contributed by atoms with E-state index in [0.29, 0.717) is 39.4 Å². The van der Waals surface area contributed by atoms with Crippen molar-refractivity contribution in [3.63, 3.8) is 0 Å². The fourth-order valence-electron chi connectivity index (χ4n) is 3.09. The monoisotopic (exact) mass is 353 g/mol. The van der Waals surface area contributed by atoms with Gasteiger partial charge in [0.2, 0.25) is 10.0 Å². The Kier molecular flexibility index (Phi) is 4.80. The van der Waals surface area contributed by atoms with Crippen molar-refractivity contribution < 1.29 is 17.9 Å². The smallest absolute Gasteiger partial charge is 0.321 e. The second-order valence-corrected chi connectivity index (χ2v) is 8.03. The molecular formula is C16H23N3O4S. The van der Waals surface area contributed by atoms with E-state index < -0.39 is 16.2 Å². The summed E-state index contributed by atoms with van der Waals surface area (Å²) in [4.78, 5) is 16.3. The predicted molar refractivity (Wildman–Crippen MR) is 89.0 cm³/mol. The number of amides is 2. The number of carbonyl (C=O) groups excluding carboxylic acids is 1. The lowest BCUT2D eigenvalue weighted by Crippen LogP contribution is -2.51. The highest BCUT2D eigenvalue weighted by Gasteiger charge is 2.41. The van der Waals surface area contributed by atoms with Gasteiger partial charge in [0.1, 0.15) is 0 Å².